The number of para-hydroxylation sites is 1. The zero-order chi connectivity index (χ0) is 35.9. The number of benzene rings is 6. The molecule has 2 aromatic heterocycles. The normalized spacial score (nSPS) is 14.8. The Labute approximate surface area is 250 Å². The molecule has 4 nitrogen and oxygen atoms in total. The molecule has 2 heterocycles. The zero-order valence-electron chi connectivity index (χ0n) is 31.3. The molecule has 8 rings (SSSR count). The van der Waals surface area contributed by atoms with Crippen molar-refractivity contribution in [2.45, 2.75) is 0 Å². The van der Waals surface area contributed by atoms with Crippen LogP contribution in [0.2, 0.25) is 0 Å². The molecule has 0 aliphatic carbocycles. The summed E-state index contributed by atoms with van der Waals surface area (Å²) in [5, 5.41) is 3.42. The van der Waals surface area contributed by atoms with Crippen LogP contribution in [0.15, 0.2) is 144 Å². The Morgan fingerprint density at radius 2 is 0.951 bits per heavy atom. The van der Waals surface area contributed by atoms with Crippen molar-refractivity contribution in [2.75, 3.05) is 0 Å². The first-order valence-electron chi connectivity index (χ1n) is 17.8. The number of nitrogens with zero attached hydrogens (tertiary/aromatic N) is 3. The summed E-state index contributed by atoms with van der Waals surface area (Å²) in [5.74, 6) is -0.633. The summed E-state index contributed by atoms with van der Waals surface area (Å²) >= 11 is 0. The van der Waals surface area contributed by atoms with Gasteiger partial charge in [-0.25, -0.2) is 15.0 Å². The molecule has 0 atom stereocenters. The number of hydrogen-bond donors (Lipinski definition) is 0. The van der Waals surface area contributed by atoms with E-state index in [2.05, 4.69) is 15.0 Å². The van der Waals surface area contributed by atoms with Crippen LogP contribution in [0.25, 0.3) is 78.0 Å². The van der Waals surface area contributed by atoms with Crippen LogP contribution in [-0.2, 0) is 0 Å². The van der Waals surface area contributed by atoms with Gasteiger partial charge in [-0.05, 0) is 34.0 Å². The number of hydrogen-bond acceptors (Lipinski definition) is 4. The third kappa shape index (κ3) is 3.97. The first kappa shape index (κ1) is 15.2. The molecule has 0 saturated heterocycles. The fraction of sp³-hybridized carbons (Fsp3) is 0. The van der Waals surface area contributed by atoms with Crippen LogP contribution >= 0.6 is 0 Å². The van der Waals surface area contributed by atoms with E-state index in [-0.39, 0.29) is 28.6 Å². The summed E-state index contributed by atoms with van der Waals surface area (Å²) in [6, 6.07) is 19.1. The molecule has 0 aliphatic heterocycles. The topological polar surface area (TPSA) is 51.8 Å². The van der Waals surface area contributed by atoms with Gasteiger partial charge in [0.1, 0.15) is 11.2 Å². The summed E-state index contributed by atoms with van der Waals surface area (Å²) in [6.07, 6.45) is 0. The highest BCUT2D eigenvalue weighted by atomic mass is 16.3. The monoisotopic (exact) mass is 535 g/mol. The van der Waals surface area contributed by atoms with Gasteiger partial charge in [-0.3, -0.25) is 0 Å². The van der Waals surface area contributed by atoms with Gasteiger partial charge in [0, 0.05) is 27.5 Å². The summed E-state index contributed by atoms with van der Waals surface area (Å²) in [5.41, 5.74) is 3.13. The Hall–Kier alpha value is -5.61. The van der Waals surface area contributed by atoms with E-state index >= 15 is 0 Å². The van der Waals surface area contributed by atoms with Crippen molar-refractivity contribution < 1.29 is 18.1 Å². The zero-order valence-corrected chi connectivity index (χ0v) is 21.3. The maximum atomic E-state index is 8.63. The second-order valence-electron chi connectivity index (χ2n) is 9.29. The smallest absolute Gasteiger partial charge is 0.164 e. The molecule has 41 heavy (non-hydrogen) atoms. The molecule has 0 amide bonds. The van der Waals surface area contributed by atoms with E-state index in [9.17, 15) is 0 Å². The van der Waals surface area contributed by atoms with Crippen LogP contribution in [0.4, 0.5) is 0 Å². The first-order chi connectivity index (χ1) is 24.5. The average molecular weight is 536 g/mol. The van der Waals surface area contributed by atoms with Gasteiger partial charge in [0.25, 0.3) is 0 Å². The SMILES string of the molecule is [2H]c1c([2H])c([2H])c(-c2nc(-c3c([2H])c([2H])c([2H])c([2H])c3[2H])nc(-c3cccc4c(-c5cccc6oc7ccccc7c56)cccc34)n2)c([2H])c1[2H]. The molecule has 8 aromatic rings. The van der Waals surface area contributed by atoms with Crippen LogP contribution < -0.4 is 0 Å². The van der Waals surface area contributed by atoms with Crippen molar-refractivity contribution in [3.8, 4) is 45.3 Å². The van der Waals surface area contributed by atoms with Crippen molar-refractivity contribution in [3.05, 3.63) is 139 Å². The largest absolute Gasteiger partial charge is 0.456 e. The molecule has 0 unspecified atom stereocenters. The Bertz CT molecular complexity index is 2640. The third-order valence-corrected chi connectivity index (χ3v) is 6.94. The molecule has 0 radical (unpaired) electrons. The maximum absolute atomic E-state index is 8.63. The molecule has 192 valence electrons. The predicted molar refractivity (Wildman–Crippen MR) is 166 cm³/mol. The van der Waals surface area contributed by atoms with Crippen LogP contribution in [-0.4, -0.2) is 15.0 Å². The van der Waals surface area contributed by atoms with Gasteiger partial charge in [0.05, 0.1) is 13.7 Å². The lowest BCUT2D eigenvalue weighted by molar-refractivity contribution is 0.669. The standard InChI is InChI=1S/C37H23N3O/c1-3-12-24(13-4-1)35-38-36(25-14-5-2-6-15-25)40-37(39-35)30-21-10-17-26-27(18-9-19-28(26)30)29-20-11-23-33-34(29)31-16-7-8-22-32(31)41-33/h1-23H/i1D,2D,3D,4D,5D,6D,12D,13D,14D,15D. The van der Waals surface area contributed by atoms with Gasteiger partial charge in [0.15, 0.2) is 17.5 Å². The van der Waals surface area contributed by atoms with Crippen LogP contribution in [0.1, 0.15) is 13.7 Å². The Kier molecular flexibility index (Phi) is 3.55. The molecule has 6 aromatic carbocycles. The minimum atomic E-state index is -0.604. The molecule has 4 heteroatoms. The number of aromatic nitrogens is 3. The highest BCUT2D eigenvalue weighted by Crippen LogP contribution is 2.40. The lowest BCUT2D eigenvalue weighted by Crippen LogP contribution is -2.00. The summed E-state index contributed by atoms with van der Waals surface area (Å²) in [6.45, 7) is 0. The van der Waals surface area contributed by atoms with Gasteiger partial charge in [-0.15, -0.1) is 0 Å². The van der Waals surface area contributed by atoms with E-state index in [1.165, 1.54) is 0 Å². The maximum Gasteiger partial charge on any atom is 0.164 e. The molecular weight excluding hydrogens is 502 g/mol. The molecule has 0 fully saturated rings. The number of fused-ring (bicyclic) bond motifs is 4. The van der Waals surface area contributed by atoms with E-state index in [1.54, 1.807) is 6.07 Å². The second-order valence-corrected chi connectivity index (χ2v) is 9.29. The van der Waals surface area contributed by atoms with Gasteiger partial charge >= 0.3 is 0 Å². The quantitative estimate of drug-likeness (QED) is 0.225. The first-order valence-corrected chi connectivity index (χ1v) is 12.8. The van der Waals surface area contributed by atoms with Crippen LogP contribution in [0.5, 0.6) is 0 Å². The highest BCUT2D eigenvalue weighted by Gasteiger charge is 2.17. The van der Waals surface area contributed by atoms with Crippen molar-refractivity contribution in [3.63, 3.8) is 0 Å². The molecule has 0 spiro atoms. The van der Waals surface area contributed by atoms with Crippen molar-refractivity contribution in [1.82, 2.24) is 15.0 Å². The highest BCUT2D eigenvalue weighted by molar-refractivity contribution is 6.16. The fourth-order valence-electron chi connectivity index (χ4n) is 5.18. The van der Waals surface area contributed by atoms with Crippen molar-refractivity contribution >= 4 is 32.7 Å². The molecule has 0 aliphatic rings. The van der Waals surface area contributed by atoms with E-state index in [1.807, 2.05) is 72.8 Å². The number of rotatable bonds is 4. The van der Waals surface area contributed by atoms with E-state index in [0.717, 1.165) is 38.5 Å². The van der Waals surface area contributed by atoms with Crippen molar-refractivity contribution in [1.29, 1.82) is 0 Å². The van der Waals surface area contributed by atoms with E-state index in [4.69, 9.17) is 18.1 Å². The Morgan fingerprint density at radius 1 is 0.439 bits per heavy atom. The molecule has 0 bridgehead atoms. The van der Waals surface area contributed by atoms with Gasteiger partial charge in [-0.2, -0.15) is 0 Å². The molecular formula is C37H23N3O. The van der Waals surface area contributed by atoms with Gasteiger partial charge < -0.3 is 4.42 Å². The van der Waals surface area contributed by atoms with Gasteiger partial charge in [0.2, 0.25) is 0 Å². The third-order valence-electron chi connectivity index (χ3n) is 6.94. The summed E-state index contributed by atoms with van der Waals surface area (Å²) < 4.78 is 89.9. The second kappa shape index (κ2) is 9.54. The molecule has 0 saturated carbocycles. The lowest BCUT2D eigenvalue weighted by atomic mass is 9.93. The van der Waals surface area contributed by atoms with Crippen LogP contribution in [0, 0.1) is 0 Å². The Balaban J connectivity index is 1.44. The van der Waals surface area contributed by atoms with E-state index in [0.29, 0.717) is 10.9 Å². The fourth-order valence-corrected chi connectivity index (χ4v) is 5.18. The average Bonchev–Trinajstić information content (AvgIpc) is 3.53. The Morgan fingerprint density at radius 3 is 1.66 bits per heavy atom. The van der Waals surface area contributed by atoms with Crippen molar-refractivity contribution in [2.24, 2.45) is 0 Å². The number of furan rings is 1. The van der Waals surface area contributed by atoms with Crippen LogP contribution in [0.3, 0.4) is 0 Å². The predicted octanol–water partition coefficient (Wildman–Crippen LogP) is 9.59. The summed E-state index contributed by atoms with van der Waals surface area (Å²) in [7, 11) is 0. The lowest BCUT2D eigenvalue weighted by Gasteiger charge is -2.13. The summed E-state index contributed by atoms with van der Waals surface area (Å²) in [4.78, 5) is 13.7. The minimum Gasteiger partial charge on any atom is -0.456 e. The van der Waals surface area contributed by atoms with Gasteiger partial charge in [-0.1, -0.05) is 127 Å². The van der Waals surface area contributed by atoms with E-state index < -0.39 is 60.4 Å². The molecule has 0 N–H and O–H groups in total. The minimum absolute atomic E-state index is 0.00309.